The van der Waals surface area contributed by atoms with Gasteiger partial charge in [-0.15, -0.1) is 0 Å². The molecule has 84 valence electrons. The van der Waals surface area contributed by atoms with Crippen molar-refractivity contribution in [1.29, 1.82) is 0 Å². The molecule has 1 N–H and O–H groups in total. The van der Waals surface area contributed by atoms with Gasteiger partial charge in [0.05, 0.1) is 0 Å². The molecule has 0 aliphatic heterocycles. The van der Waals surface area contributed by atoms with E-state index in [-0.39, 0.29) is 0 Å². The van der Waals surface area contributed by atoms with E-state index in [9.17, 15) is 0 Å². The van der Waals surface area contributed by atoms with Crippen LogP contribution in [0.5, 0.6) is 0 Å². The monoisotopic (exact) mass is 205 g/mol. The zero-order valence-corrected chi connectivity index (χ0v) is 10.2. The van der Waals surface area contributed by atoms with E-state index in [1.165, 1.54) is 18.4 Å². The fourth-order valence-corrected chi connectivity index (χ4v) is 1.74. The zero-order chi connectivity index (χ0) is 11.1. The lowest BCUT2D eigenvalue weighted by Gasteiger charge is -2.13. The number of nitrogens with one attached hydrogen (secondary N) is 1. The van der Waals surface area contributed by atoms with Gasteiger partial charge in [0, 0.05) is 6.04 Å². The SMILES string of the molecule is CC(CCNC(C)C)Cc1ccccc1. The highest BCUT2D eigenvalue weighted by Gasteiger charge is 2.03. The molecule has 0 aliphatic carbocycles. The molecule has 0 amide bonds. The average Bonchev–Trinajstić information content (AvgIpc) is 2.18. The van der Waals surface area contributed by atoms with E-state index >= 15 is 0 Å². The van der Waals surface area contributed by atoms with Crippen molar-refractivity contribution in [1.82, 2.24) is 5.32 Å². The molecule has 0 heterocycles. The highest BCUT2D eigenvalue weighted by Crippen LogP contribution is 2.10. The summed E-state index contributed by atoms with van der Waals surface area (Å²) in [6, 6.07) is 11.4. The summed E-state index contributed by atoms with van der Waals surface area (Å²) in [5.74, 6) is 0.763. The average molecular weight is 205 g/mol. The van der Waals surface area contributed by atoms with Crippen LogP contribution < -0.4 is 5.32 Å². The Bertz CT molecular complexity index is 253. The summed E-state index contributed by atoms with van der Waals surface area (Å²) in [4.78, 5) is 0. The Kier molecular flexibility index (Phi) is 5.41. The molecule has 1 atom stereocenters. The maximum atomic E-state index is 3.46. The first-order chi connectivity index (χ1) is 7.18. The summed E-state index contributed by atoms with van der Waals surface area (Å²) in [5, 5.41) is 3.46. The van der Waals surface area contributed by atoms with Crippen LogP contribution in [0.25, 0.3) is 0 Å². The third kappa shape index (κ3) is 5.58. The van der Waals surface area contributed by atoms with Crippen LogP contribution in [0.4, 0.5) is 0 Å². The molecule has 1 nitrogen and oxygen atoms in total. The summed E-state index contributed by atoms with van der Waals surface area (Å²) in [5.41, 5.74) is 1.45. The van der Waals surface area contributed by atoms with E-state index in [1.54, 1.807) is 0 Å². The van der Waals surface area contributed by atoms with E-state index in [2.05, 4.69) is 56.4 Å². The number of hydrogen-bond donors (Lipinski definition) is 1. The second-order valence-electron chi connectivity index (χ2n) is 4.69. The maximum absolute atomic E-state index is 3.46. The summed E-state index contributed by atoms with van der Waals surface area (Å²) < 4.78 is 0. The van der Waals surface area contributed by atoms with E-state index < -0.39 is 0 Å². The van der Waals surface area contributed by atoms with Crippen LogP contribution in [0.3, 0.4) is 0 Å². The maximum Gasteiger partial charge on any atom is 0.00103 e. The molecule has 0 saturated heterocycles. The summed E-state index contributed by atoms with van der Waals surface area (Å²) in [6.45, 7) is 7.85. The Hall–Kier alpha value is -0.820. The standard InChI is InChI=1S/C14H23N/c1-12(2)15-10-9-13(3)11-14-7-5-4-6-8-14/h4-8,12-13,15H,9-11H2,1-3H3. The second kappa shape index (κ2) is 6.62. The van der Waals surface area contributed by atoms with Gasteiger partial charge < -0.3 is 5.32 Å². The summed E-state index contributed by atoms with van der Waals surface area (Å²) in [6.07, 6.45) is 2.45. The third-order valence-corrected chi connectivity index (χ3v) is 2.62. The van der Waals surface area contributed by atoms with Gasteiger partial charge in [0.15, 0.2) is 0 Å². The Balaban J connectivity index is 2.21. The lowest BCUT2D eigenvalue weighted by molar-refractivity contribution is 0.476. The van der Waals surface area contributed by atoms with Crippen molar-refractivity contribution in [3.8, 4) is 0 Å². The van der Waals surface area contributed by atoms with E-state index in [0.717, 1.165) is 12.5 Å². The van der Waals surface area contributed by atoms with Crippen molar-refractivity contribution in [3.63, 3.8) is 0 Å². The van der Waals surface area contributed by atoms with Gasteiger partial charge in [-0.1, -0.05) is 51.1 Å². The Morgan fingerprint density at radius 1 is 1.07 bits per heavy atom. The molecule has 15 heavy (non-hydrogen) atoms. The molecule has 0 aliphatic rings. The summed E-state index contributed by atoms with van der Waals surface area (Å²) in [7, 11) is 0. The molecule has 1 heteroatoms. The van der Waals surface area contributed by atoms with Crippen LogP contribution >= 0.6 is 0 Å². The number of rotatable bonds is 6. The van der Waals surface area contributed by atoms with Crippen molar-refractivity contribution < 1.29 is 0 Å². The molecule has 0 aromatic heterocycles. The van der Waals surface area contributed by atoms with Gasteiger partial charge in [-0.2, -0.15) is 0 Å². The van der Waals surface area contributed by atoms with Crippen molar-refractivity contribution in [2.45, 2.75) is 39.7 Å². The number of hydrogen-bond acceptors (Lipinski definition) is 1. The molecule has 1 aromatic rings. The van der Waals surface area contributed by atoms with Crippen LogP contribution in [0.2, 0.25) is 0 Å². The first-order valence-electron chi connectivity index (χ1n) is 5.96. The quantitative estimate of drug-likeness (QED) is 0.751. The lowest BCUT2D eigenvalue weighted by Crippen LogP contribution is -2.25. The third-order valence-electron chi connectivity index (χ3n) is 2.62. The van der Waals surface area contributed by atoms with Gasteiger partial charge >= 0.3 is 0 Å². The van der Waals surface area contributed by atoms with Crippen LogP contribution in [-0.2, 0) is 6.42 Å². The molecule has 0 saturated carbocycles. The minimum absolute atomic E-state index is 0.605. The fraction of sp³-hybridized carbons (Fsp3) is 0.571. The van der Waals surface area contributed by atoms with Crippen LogP contribution in [0.15, 0.2) is 30.3 Å². The Labute approximate surface area is 93.9 Å². The minimum Gasteiger partial charge on any atom is -0.315 e. The Morgan fingerprint density at radius 2 is 1.73 bits per heavy atom. The molecular weight excluding hydrogens is 182 g/mol. The van der Waals surface area contributed by atoms with Crippen molar-refractivity contribution in [2.24, 2.45) is 5.92 Å². The molecule has 1 aromatic carbocycles. The number of benzene rings is 1. The molecule has 1 rings (SSSR count). The van der Waals surface area contributed by atoms with E-state index in [0.29, 0.717) is 6.04 Å². The minimum atomic E-state index is 0.605. The van der Waals surface area contributed by atoms with Gasteiger partial charge in [-0.3, -0.25) is 0 Å². The van der Waals surface area contributed by atoms with Gasteiger partial charge in [-0.25, -0.2) is 0 Å². The van der Waals surface area contributed by atoms with E-state index in [1.807, 2.05) is 0 Å². The summed E-state index contributed by atoms with van der Waals surface area (Å²) >= 11 is 0. The predicted molar refractivity (Wildman–Crippen MR) is 67.1 cm³/mol. The molecule has 0 spiro atoms. The normalized spacial score (nSPS) is 13.1. The highest BCUT2D eigenvalue weighted by atomic mass is 14.9. The fourth-order valence-electron chi connectivity index (χ4n) is 1.74. The van der Waals surface area contributed by atoms with Gasteiger partial charge in [0.2, 0.25) is 0 Å². The first kappa shape index (κ1) is 12.3. The molecule has 0 radical (unpaired) electrons. The predicted octanol–water partition coefficient (Wildman–Crippen LogP) is 3.25. The Morgan fingerprint density at radius 3 is 2.33 bits per heavy atom. The van der Waals surface area contributed by atoms with Crippen molar-refractivity contribution in [2.75, 3.05) is 6.54 Å². The molecular formula is C14H23N. The van der Waals surface area contributed by atoms with Crippen LogP contribution in [0.1, 0.15) is 32.8 Å². The highest BCUT2D eigenvalue weighted by molar-refractivity contribution is 5.14. The van der Waals surface area contributed by atoms with Gasteiger partial charge in [-0.05, 0) is 30.9 Å². The molecule has 1 unspecified atom stereocenters. The smallest absolute Gasteiger partial charge is 0.00103 e. The van der Waals surface area contributed by atoms with Crippen LogP contribution in [0, 0.1) is 5.92 Å². The van der Waals surface area contributed by atoms with E-state index in [4.69, 9.17) is 0 Å². The van der Waals surface area contributed by atoms with Crippen molar-refractivity contribution >= 4 is 0 Å². The largest absolute Gasteiger partial charge is 0.315 e. The van der Waals surface area contributed by atoms with Gasteiger partial charge in [0.25, 0.3) is 0 Å². The second-order valence-corrected chi connectivity index (χ2v) is 4.69. The van der Waals surface area contributed by atoms with Crippen LogP contribution in [-0.4, -0.2) is 12.6 Å². The van der Waals surface area contributed by atoms with Crippen molar-refractivity contribution in [3.05, 3.63) is 35.9 Å². The van der Waals surface area contributed by atoms with Gasteiger partial charge in [0.1, 0.15) is 0 Å². The topological polar surface area (TPSA) is 12.0 Å². The molecule has 0 fully saturated rings. The lowest BCUT2D eigenvalue weighted by atomic mass is 9.98. The first-order valence-corrected chi connectivity index (χ1v) is 5.96. The molecule has 0 bridgehead atoms. The zero-order valence-electron chi connectivity index (χ0n) is 10.2.